The Labute approximate surface area is 85.3 Å². The quantitative estimate of drug-likeness (QED) is 0.775. The fraction of sp³-hybridized carbons (Fsp3) is 0.727. The number of nitrogens with one attached hydrogen (secondary N) is 2. The van der Waals surface area contributed by atoms with Crippen LogP contribution in [-0.2, 0) is 0 Å². The summed E-state index contributed by atoms with van der Waals surface area (Å²) >= 11 is 0. The Bertz CT molecular complexity index is 250. The summed E-state index contributed by atoms with van der Waals surface area (Å²) in [6.45, 7) is 2.27. The highest BCUT2D eigenvalue weighted by Gasteiger charge is 2.19. The summed E-state index contributed by atoms with van der Waals surface area (Å²) in [7, 11) is 0. The second kappa shape index (κ2) is 4.49. The Kier molecular flexibility index (Phi) is 3.07. The minimum absolute atomic E-state index is 0.566. The third-order valence-corrected chi connectivity index (χ3v) is 3.24. The topological polar surface area (TPSA) is 40.7 Å². The van der Waals surface area contributed by atoms with Gasteiger partial charge in [-0.3, -0.25) is 0 Å². The molecule has 0 bridgehead atoms. The molecule has 1 heterocycles. The highest BCUT2D eigenvalue weighted by Crippen LogP contribution is 2.27. The molecule has 1 aromatic heterocycles. The molecule has 1 fully saturated rings. The Morgan fingerprint density at radius 2 is 2.21 bits per heavy atom. The zero-order valence-electron chi connectivity index (χ0n) is 8.79. The van der Waals surface area contributed by atoms with Crippen molar-refractivity contribution in [3.8, 4) is 0 Å². The van der Waals surface area contributed by atoms with Gasteiger partial charge in [0.05, 0.1) is 12.5 Å². The van der Waals surface area contributed by atoms with E-state index in [1.165, 1.54) is 32.1 Å². The van der Waals surface area contributed by atoms with Crippen molar-refractivity contribution in [1.29, 1.82) is 0 Å². The van der Waals surface area contributed by atoms with Crippen molar-refractivity contribution < 1.29 is 0 Å². The Balaban J connectivity index is 1.85. The average molecular weight is 193 g/mol. The van der Waals surface area contributed by atoms with Gasteiger partial charge in [0.2, 0.25) is 0 Å². The van der Waals surface area contributed by atoms with Crippen LogP contribution in [0, 0.1) is 5.92 Å². The van der Waals surface area contributed by atoms with Gasteiger partial charge in [-0.2, -0.15) is 0 Å². The highest BCUT2D eigenvalue weighted by atomic mass is 15.1. The molecule has 0 aliphatic heterocycles. The molecule has 0 saturated heterocycles. The van der Waals surface area contributed by atoms with Gasteiger partial charge in [-0.15, -0.1) is 0 Å². The van der Waals surface area contributed by atoms with E-state index in [0.29, 0.717) is 6.04 Å². The fourth-order valence-corrected chi connectivity index (χ4v) is 2.33. The molecule has 1 atom stereocenters. The van der Waals surface area contributed by atoms with Crippen molar-refractivity contribution >= 4 is 5.82 Å². The van der Waals surface area contributed by atoms with Crippen molar-refractivity contribution in [3.05, 3.63) is 12.5 Å². The molecule has 3 heteroatoms. The number of aromatic nitrogens is 2. The summed E-state index contributed by atoms with van der Waals surface area (Å²) in [4.78, 5) is 7.09. The molecule has 1 aromatic rings. The first-order chi connectivity index (χ1) is 6.86. The van der Waals surface area contributed by atoms with Gasteiger partial charge in [-0.25, -0.2) is 4.98 Å². The van der Waals surface area contributed by atoms with Crippen LogP contribution >= 0.6 is 0 Å². The number of imidazole rings is 1. The van der Waals surface area contributed by atoms with E-state index >= 15 is 0 Å². The van der Waals surface area contributed by atoms with Crippen molar-refractivity contribution in [2.24, 2.45) is 5.92 Å². The van der Waals surface area contributed by atoms with Gasteiger partial charge in [0.15, 0.2) is 0 Å². The lowest BCUT2D eigenvalue weighted by atomic mass is 9.84. The Hall–Kier alpha value is -0.990. The third-order valence-electron chi connectivity index (χ3n) is 3.24. The molecule has 0 radical (unpaired) electrons. The maximum atomic E-state index is 4.00. The number of H-pyrrole nitrogens is 1. The van der Waals surface area contributed by atoms with E-state index in [0.717, 1.165) is 11.7 Å². The SMILES string of the molecule is CC(Nc1cnc[nH]1)C1CCCCC1. The monoisotopic (exact) mass is 193 g/mol. The number of anilines is 1. The summed E-state index contributed by atoms with van der Waals surface area (Å²) in [5, 5.41) is 3.47. The van der Waals surface area contributed by atoms with Crippen LogP contribution in [-0.4, -0.2) is 16.0 Å². The standard InChI is InChI=1S/C11H19N3/c1-9(10-5-3-2-4-6-10)14-11-7-12-8-13-11/h7-10,14H,2-6H2,1H3,(H,12,13). The summed E-state index contributed by atoms with van der Waals surface area (Å²) in [6, 6.07) is 0.566. The number of aromatic amines is 1. The lowest BCUT2D eigenvalue weighted by Crippen LogP contribution is -2.27. The van der Waals surface area contributed by atoms with Crippen LogP contribution in [0.5, 0.6) is 0 Å². The first kappa shape index (κ1) is 9.56. The number of hydrogen-bond donors (Lipinski definition) is 2. The first-order valence-electron chi connectivity index (χ1n) is 5.61. The molecular formula is C11H19N3. The van der Waals surface area contributed by atoms with Gasteiger partial charge in [0.1, 0.15) is 5.82 Å². The smallest absolute Gasteiger partial charge is 0.123 e. The maximum absolute atomic E-state index is 4.00. The van der Waals surface area contributed by atoms with Crippen LogP contribution in [0.15, 0.2) is 12.5 Å². The molecule has 2 N–H and O–H groups in total. The fourth-order valence-electron chi connectivity index (χ4n) is 2.33. The second-order valence-electron chi connectivity index (χ2n) is 4.30. The van der Waals surface area contributed by atoms with Crippen molar-refractivity contribution in [2.75, 3.05) is 5.32 Å². The molecular weight excluding hydrogens is 174 g/mol. The molecule has 0 spiro atoms. The first-order valence-corrected chi connectivity index (χ1v) is 5.61. The van der Waals surface area contributed by atoms with E-state index in [9.17, 15) is 0 Å². The van der Waals surface area contributed by atoms with Gasteiger partial charge >= 0.3 is 0 Å². The summed E-state index contributed by atoms with van der Waals surface area (Å²) in [5.74, 6) is 1.88. The van der Waals surface area contributed by atoms with Gasteiger partial charge in [-0.1, -0.05) is 19.3 Å². The molecule has 0 aromatic carbocycles. The summed E-state index contributed by atoms with van der Waals surface area (Å²) in [5.41, 5.74) is 0. The minimum atomic E-state index is 0.566. The number of nitrogens with zero attached hydrogens (tertiary/aromatic N) is 1. The van der Waals surface area contributed by atoms with Crippen molar-refractivity contribution in [2.45, 2.75) is 45.1 Å². The molecule has 1 aliphatic rings. The Morgan fingerprint density at radius 1 is 1.43 bits per heavy atom. The maximum Gasteiger partial charge on any atom is 0.123 e. The van der Waals surface area contributed by atoms with E-state index in [-0.39, 0.29) is 0 Å². The van der Waals surface area contributed by atoms with E-state index in [4.69, 9.17) is 0 Å². The molecule has 1 aliphatic carbocycles. The van der Waals surface area contributed by atoms with Crippen LogP contribution in [0.4, 0.5) is 5.82 Å². The predicted molar refractivity (Wildman–Crippen MR) is 58.2 cm³/mol. The lowest BCUT2D eigenvalue weighted by molar-refractivity contribution is 0.328. The summed E-state index contributed by atoms with van der Waals surface area (Å²) in [6.07, 6.45) is 10.5. The van der Waals surface area contributed by atoms with Crippen LogP contribution in [0.3, 0.4) is 0 Å². The molecule has 1 saturated carbocycles. The van der Waals surface area contributed by atoms with Crippen LogP contribution in [0.2, 0.25) is 0 Å². The van der Waals surface area contributed by atoms with Crippen molar-refractivity contribution in [1.82, 2.24) is 9.97 Å². The zero-order chi connectivity index (χ0) is 9.80. The van der Waals surface area contributed by atoms with Gasteiger partial charge in [0, 0.05) is 6.04 Å². The summed E-state index contributed by atoms with van der Waals surface area (Å²) < 4.78 is 0. The Morgan fingerprint density at radius 3 is 2.86 bits per heavy atom. The van der Waals surface area contributed by atoms with Crippen LogP contribution in [0.25, 0.3) is 0 Å². The van der Waals surface area contributed by atoms with Gasteiger partial charge < -0.3 is 10.3 Å². The normalized spacial score (nSPS) is 20.6. The second-order valence-corrected chi connectivity index (χ2v) is 4.30. The molecule has 0 amide bonds. The van der Waals surface area contributed by atoms with E-state index in [2.05, 4.69) is 22.2 Å². The molecule has 78 valence electrons. The molecule has 3 nitrogen and oxygen atoms in total. The van der Waals surface area contributed by atoms with Gasteiger partial charge in [0.25, 0.3) is 0 Å². The number of rotatable bonds is 3. The zero-order valence-corrected chi connectivity index (χ0v) is 8.79. The minimum Gasteiger partial charge on any atom is -0.368 e. The highest BCUT2D eigenvalue weighted by molar-refractivity contribution is 5.31. The van der Waals surface area contributed by atoms with Crippen LogP contribution < -0.4 is 5.32 Å². The number of hydrogen-bond acceptors (Lipinski definition) is 2. The molecule has 14 heavy (non-hydrogen) atoms. The van der Waals surface area contributed by atoms with Gasteiger partial charge in [-0.05, 0) is 25.7 Å². The van der Waals surface area contributed by atoms with E-state index in [1.807, 2.05) is 6.20 Å². The van der Waals surface area contributed by atoms with E-state index < -0.39 is 0 Å². The largest absolute Gasteiger partial charge is 0.368 e. The predicted octanol–water partition coefficient (Wildman–Crippen LogP) is 2.79. The van der Waals surface area contributed by atoms with Crippen LogP contribution in [0.1, 0.15) is 39.0 Å². The van der Waals surface area contributed by atoms with Crippen molar-refractivity contribution in [3.63, 3.8) is 0 Å². The lowest BCUT2D eigenvalue weighted by Gasteiger charge is -2.28. The third kappa shape index (κ3) is 2.28. The average Bonchev–Trinajstić information content (AvgIpc) is 2.72. The molecule has 2 rings (SSSR count). The van der Waals surface area contributed by atoms with E-state index in [1.54, 1.807) is 6.33 Å². The molecule has 1 unspecified atom stereocenters.